The average Bonchev–Trinajstić information content (AvgIpc) is 2.66. The number of carboxylic acid groups (broad SMARTS) is 1. The number of aliphatic carboxylic acids is 1. The van der Waals surface area contributed by atoms with Crippen LogP contribution in [0.1, 0.15) is 38.5 Å². The molecule has 1 aliphatic rings. The number of amides is 3. The standard InChI is InChI=1S/C18H22ClN3O5/c19-13-7-3-4-8-14(13)20-15(23)9-10-16(24)21-22-17(25)11-5-1-2-6-12(11)18(26)27/h3-4,7-8,11-12H,1-2,5-6,9-10H2,(H,20,23)(H,21,24)(H,22,25)(H,26,27)/t11-,12-/m0/s1. The molecule has 1 aliphatic carbocycles. The molecule has 27 heavy (non-hydrogen) atoms. The number of rotatable bonds is 6. The van der Waals surface area contributed by atoms with Gasteiger partial charge in [-0.1, -0.05) is 36.6 Å². The highest BCUT2D eigenvalue weighted by Gasteiger charge is 2.35. The van der Waals surface area contributed by atoms with Gasteiger partial charge < -0.3 is 10.4 Å². The van der Waals surface area contributed by atoms with Crippen LogP contribution in [-0.4, -0.2) is 28.8 Å². The van der Waals surface area contributed by atoms with Crippen LogP contribution in [0, 0.1) is 11.8 Å². The van der Waals surface area contributed by atoms with E-state index >= 15 is 0 Å². The first-order valence-electron chi connectivity index (χ1n) is 8.74. The van der Waals surface area contributed by atoms with E-state index in [1.807, 2.05) is 0 Å². The van der Waals surface area contributed by atoms with Crippen LogP contribution in [0.3, 0.4) is 0 Å². The predicted molar refractivity (Wildman–Crippen MR) is 98.7 cm³/mol. The molecule has 2 atom stereocenters. The summed E-state index contributed by atoms with van der Waals surface area (Å²) in [5.41, 5.74) is 4.95. The Balaban J connectivity index is 1.74. The van der Waals surface area contributed by atoms with Gasteiger partial charge in [-0.05, 0) is 25.0 Å². The summed E-state index contributed by atoms with van der Waals surface area (Å²) >= 11 is 5.94. The Morgan fingerprint density at radius 3 is 2.26 bits per heavy atom. The van der Waals surface area contributed by atoms with Gasteiger partial charge in [-0.25, -0.2) is 0 Å². The molecular weight excluding hydrogens is 374 g/mol. The fourth-order valence-electron chi connectivity index (χ4n) is 3.03. The molecule has 0 unspecified atom stereocenters. The van der Waals surface area contributed by atoms with Crippen LogP contribution in [0.2, 0.25) is 5.02 Å². The normalized spacial score (nSPS) is 19.0. The van der Waals surface area contributed by atoms with Crippen LogP contribution < -0.4 is 16.2 Å². The highest BCUT2D eigenvalue weighted by molar-refractivity contribution is 6.33. The van der Waals surface area contributed by atoms with Crippen LogP contribution in [0.25, 0.3) is 0 Å². The number of hydrogen-bond acceptors (Lipinski definition) is 4. The van der Waals surface area contributed by atoms with Crippen molar-refractivity contribution < 1.29 is 24.3 Å². The Kier molecular flexibility index (Phi) is 7.60. The number of hydrogen-bond donors (Lipinski definition) is 4. The van der Waals surface area contributed by atoms with Gasteiger partial charge in [-0.2, -0.15) is 0 Å². The third kappa shape index (κ3) is 6.25. The maximum atomic E-state index is 12.2. The zero-order chi connectivity index (χ0) is 19.8. The maximum absolute atomic E-state index is 12.2. The van der Waals surface area contributed by atoms with Crippen LogP contribution >= 0.6 is 11.6 Å². The van der Waals surface area contributed by atoms with Crippen LogP contribution in [-0.2, 0) is 19.2 Å². The molecule has 4 N–H and O–H groups in total. The number of hydrazine groups is 1. The van der Waals surface area contributed by atoms with E-state index in [9.17, 15) is 24.3 Å². The van der Waals surface area contributed by atoms with Crippen molar-refractivity contribution in [2.24, 2.45) is 11.8 Å². The number of para-hydroxylation sites is 1. The van der Waals surface area contributed by atoms with Gasteiger partial charge in [-0.15, -0.1) is 0 Å². The fraction of sp³-hybridized carbons (Fsp3) is 0.444. The van der Waals surface area contributed by atoms with E-state index in [1.165, 1.54) is 0 Å². The average molecular weight is 396 g/mol. The summed E-state index contributed by atoms with van der Waals surface area (Å²) in [6.07, 6.45) is 2.24. The summed E-state index contributed by atoms with van der Waals surface area (Å²) in [5.74, 6) is -3.85. The summed E-state index contributed by atoms with van der Waals surface area (Å²) in [6, 6.07) is 6.73. The van der Waals surface area contributed by atoms with Gasteiger partial charge in [0.2, 0.25) is 17.7 Å². The Bertz CT molecular complexity index is 725. The number of halogens is 1. The van der Waals surface area contributed by atoms with Gasteiger partial charge in [0.25, 0.3) is 0 Å². The lowest BCUT2D eigenvalue weighted by molar-refractivity contribution is -0.149. The minimum Gasteiger partial charge on any atom is -0.481 e. The Labute approximate surface area is 161 Å². The largest absolute Gasteiger partial charge is 0.481 e. The van der Waals surface area contributed by atoms with E-state index in [1.54, 1.807) is 24.3 Å². The molecule has 1 aromatic rings. The second kappa shape index (κ2) is 9.91. The number of anilines is 1. The monoisotopic (exact) mass is 395 g/mol. The molecule has 8 nitrogen and oxygen atoms in total. The van der Waals surface area contributed by atoms with Crippen LogP contribution in [0.4, 0.5) is 5.69 Å². The minimum absolute atomic E-state index is 0.0892. The number of carbonyl (C=O) groups excluding carboxylic acids is 3. The highest BCUT2D eigenvalue weighted by Crippen LogP contribution is 2.30. The second-order valence-electron chi connectivity index (χ2n) is 6.40. The quantitative estimate of drug-likeness (QED) is 0.549. The van der Waals surface area contributed by atoms with Gasteiger partial charge >= 0.3 is 5.97 Å². The topological polar surface area (TPSA) is 125 Å². The van der Waals surface area contributed by atoms with Crippen molar-refractivity contribution in [1.29, 1.82) is 0 Å². The van der Waals surface area contributed by atoms with Gasteiger partial charge in [-0.3, -0.25) is 30.0 Å². The molecule has 3 amide bonds. The fourth-order valence-corrected chi connectivity index (χ4v) is 3.21. The summed E-state index contributed by atoms with van der Waals surface area (Å²) in [6.45, 7) is 0. The van der Waals surface area contributed by atoms with E-state index in [0.29, 0.717) is 23.6 Å². The molecule has 0 aliphatic heterocycles. The Hall–Kier alpha value is -2.61. The van der Waals surface area contributed by atoms with Crippen molar-refractivity contribution in [1.82, 2.24) is 10.9 Å². The second-order valence-corrected chi connectivity index (χ2v) is 6.81. The minimum atomic E-state index is -1.00. The van der Waals surface area contributed by atoms with Crippen molar-refractivity contribution in [3.8, 4) is 0 Å². The lowest BCUT2D eigenvalue weighted by Gasteiger charge is -2.27. The van der Waals surface area contributed by atoms with Gasteiger partial charge in [0.15, 0.2) is 0 Å². The zero-order valence-electron chi connectivity index (χ0n) is 14.7. The van der Waals surface area contributed by atoms with E-state index in [4.69, 9.17) is 11.6 Å². The molecule has 1 saturated carbocycles. The molecule has 0 radical (unpaired) electrons. The maximum Gasteiger partial charge on any atom is 0.307 e. The number of carboxylic acids is 1. The molecule has 9 heteroatoms. The number of benzene rings is 1. The first-order valence-corrected chi connectivity index (χ1v) is 9.12. The third-order valence-electron chi connectivity index (χ3n) is 4.47. The van der Waals surface area contributed by atoms with Crippen molar-refractivity contribution in [2.45, 2.75) is 38.5 Å². The van der Waals surface area contributed by atoms with E-state index in [0.717, 1.165) is 12.8 Å². The molecule has 0 aromatic heterocycles. The van der Waals surface area contributed by atoms with Crippen LogP contribution in [0.15, 0.2) is 24.3 Å². The van der Waals surface area contributed by atoms with Gasteiger partial charge in [0.1, 0.15) is 0 Å². The molecule has 1 fully saturated rings. The van der Waals surface area contributed by atoms with Crippen molar-refractivity contribution in [2.75, 3.05) is 5.32 Å². The highest BCUT2D eigenvalue weighted by atomic mass is 35.5. The van der Waals surface area contributed by atoms with Gasteiger partial charge in [0.05, 0.1) is 22.5 Å². The molecule has 0 spiro atoms. The van der Waals surface area contributed by atoms with Crippen LogP contribution in [0.5, 0.6) is 0 Å². The smallest absolute Gasteiger partial charge is 0.307 e. The molecule has 0 bridgehead atoms. The van der Waals surface area contributed by atoms with E-state index in [-0.39, 0.29) is 18.7 Å². The first kappa shape index (κ1) is 20.7. The Morgan fingerprint density at radius 2 is 1.59 bits per heavy atom. The first-order chi connectivity index (χ1) is 12.9. The number of carbonyl (C=O) groups is 4. The molecular formula is C18H22ClN3O5. The predicted octanol–water partition coefficient (Wildman–Crippen LogP) is 2.10. The molecule has 0 heterocycles. The lowest BCUT2D eigenvalue weighted by atomic mass is 9.79. The Morgan fingerprint density at radius 1 is 0.963 bits per heavy atom. The van der Waals surface area contributed by atoms with Gasteiger partial charge in [0, 0.05) is 12.8 Å². The van der Waals surface area contributed by atoms with Crippen molar-refractivity contribution in [3.05, 3.63) is 29.3 Å². The number of nitrogens with one attached hydrogen (secondary N) is 3. The lowest BCUT2D eigenvalue weighted by Crippen LogP contribution is -2.48. The summed E-state index contributed by atoms with van der Waals surface area (Å²) in [5, 5.41) is 12.2. The van der Waals surface area contributed by atoms with E-state index < -0.39 is 29.6 Å². The summed E-state index contributed by atoms with van der Waals surface area (Å²) < 4.78 is 0. The third-order valence-corrected chi connectivity index (χ3v) is 4.80. The summed E-state index contributed by atoms with van der Waals surface area (Å²) in [7, 11) is 0. The molecule has 2 rings (SSSR count). The van der Waals surface area contributed by atoms with E-state index in [2.05, 4.69) is 16.2 Å². The zero-order valence-corrected chi connectivity index (χ0v) is 15.4. The molecule has 1 aromatic carbocycles. The SMILES string of the molecule is O=C(CCC(=O)Nc1ccccc1Cl)NNC(=O)[C@H]1CCCC[C@@H]1C(=O)O. The van der Waals surface area contributed by atoms with Crippen molar-refractivity contribution in [3.63, 3.8) is 0 Å². The molecule has 0 saturated heterocycles. The summed E-state index contributed by atoms with van der Waals surface area (Å²) in [4.78, 5) is 47.1. The van der Waals surface area contributed by atoms with Crippen molar-refractivity contribution >= 4 is 41.0 Å². The molecule has 146 valence electrons.